The van der Waals surface area contributed by atoms with Gasteiger partial charge in [-0.3, -0.25) is 4.79 Å². The molecule has 0 heterocycles. The van der Waals surface area contributed by atoms with E-state index < -0.39 is 23.6 Å². The molecule has 1 unspecified atom stereocenters. The van der Waals surface area contributed by atoms with E-state index in [-0.39, 0.29) is 17.7 Å². The lowest BCUT2D eigenvalue weighted by molar-refractivity contribution is -0.141. The molecule has 0 spiro atoms. The summed E-state index contributed by atoms with van der Waals surface area (Å²) in [5, 5.41) is 0. The van der Waals surface area contributed by atoms with Crippen LogP contribution in [0.2, 0.25) is 0 Å². The summed E-state index contributed by atoms with van der Waals surface area (Å²) in [6, 6.07) is 0.853. The van der Waals surface area contributed by atoms with Gasteiger partial charge in [-0.05, 0) is 6.07 Å². The summed E-state index contributed by atoms with van der Waals surface area (Å²) in [7, 11) is 2.42. The van der Waals surface area contributed by atoms with Crippen molar-refractivity contribution >= 4 is 5.97 Å². The number of nitrogens with two attached hydrogens (primary N) is 1. The van der Waals surface area contributed by atoms with Gasteiger partial charge in [-0.2, -0.15) is 0 Å². The minimum absolute atomic E-state index is 0.0892. The van der Waals surface area contributed by atoms with E-state index in [1.54, 1.807) is 0 Å². The Morgan fingerprint density at radius 1 is 1.35 bits per heavy atom. The first-order valence-corrected chi connectivity index (χ1v) is 4.85. The molecular formula is C11H13F2NO3. The Morgan fingerprint density at radius 2 is 2.00 bits per heavy atom. The Kier molecular flexibility index (Phi) is 4.39. The molecule has 2 N–H and O–H groups in total. The van der Waals surface area contributed by atoms with Gasteiger partial charge in [-0.1, -0.05) is 0 Å². The van der Waals surface area contributed by atoms with Gasteiger partial charge in [0.25, 0.3) is 0 Å². The van der Waals surface area contributed by atoms with E-state index in [9.17, 15) is 13.6 Å². The topological polar surface area (TPSA) is 61.5 Å². The van der Waals surface area contributed by atoms with Gasteiger partial charge in [0.1, 0.15) is 5.82 Å². The second-order valence-corrected chi connectivity index (χ2v) is 3.40. The van der Waals surface area contributed by atoms with E-state index in [2.05, 4.69) is 9.47 Å². The van der Waals surface area contributed by atoms with Crippen LogP contribution in [0.3, 0.4) is 0 Å². The molecule has 4 nitrogen and oxygen atoms in total. The molecule has 17 heavy (non-hydrogen) atoms. The summed E-state index contributed by atoms with van der Waals surface area (Å²) >= 11 is 0. The molecule has 0 aliphatic carbocycles. The fourth-order valence-corrected chi connectivity index (χ4v) is 1.36. The molecule has 1 atom stereocenters. The zero-order chi connectivity index (χ0) is 13.0. The predicted octanol–water partition coefficient (Wildman–Crippen LogP) is 1.54. The molecule has 0 bridgehead atoms. The fraction of sp³-hybridized carbons (Fsp3) is 0.364. The van der Waals surface area contributed by atoms with Crippen LogP contribution < -0.4 is 10.5 Å². The fourth-order valence-electron chi connectivity index (χ4n) is 1.36. The van der Waals surface area contributed by atoms with Crippen LogP contribution >= 0.6 is 0 Å². The first-order valence-electron chi connectivity index (χ1n) is 4.85. The smallest absolute Gasteiger partial charge is 0.307 e. The molecule has 1 aromatic carbocycles. The number of ether oxygens (including phenoxy) is 2. The number of carbonyl (C=O) groups is 1. The van der Waals surface area contributed by atoms with E-state index in [1.807, 2.05) is 0 Å². The maximum atomic E-state index is 13.5. The third kappa shape index (κ3) is 3.13. The monoisotopic (exact) mass is 245 g/mol. The van der Waals surface area contributed by atoms with Crippen LogP contribution in [-0.4, -0.2) is 20.2 Å². The van der Waals surface area contributed by atoms with Gasteiger partial charge < -0.3 is 15.2 Å². The number of methoxy groups -OCH3 is 2. The molecule has 0 aliphatic rings. The highest BCUT2D eigenvalue weighted by Gasteiger charge is 2.18. The highest BCUT2D eigenvalue weighted by atomic mass is 19.1. The largest absolute Gasteiger partial charge is 0.494 e. The standard InChI is InChI=1S/C11H13F2NO3/c1-16-10-4-7(12)6(3-8(10)13)9(14)5-11(15)17-2/h3-4,9H,5,14H2,1-2H3. The maximum Gasteiger partial charge on any atom is 0.307 e. The molecule has 1 aromatic rings. The summed E-state index contributed by atoms with van der Waals surface area (Å²) in [4.78, 5) is 11.0. The summed E-state index contributed by atoms with van der Waals surface area (Å²) in [5.41, 5.74) is 5.50. The van der Waals surface area contributed by atoms with Crippen LogP contribution in [0, 0.1) is 11.6 Å². The average molecular weight is 245 g/mol. The third-order valence-electron chi connectivity index (χ3n) is 2.28. The number of hydrogen-bond acceptors (Lipinski definition) is 4. The highest BCUT2D eigenvalue weighted by molar-refractivity contribution is 5.70. The minimum atomic E-state index is -0.956. The van der Waals surface area contributed by atoms with Crippen LogP contribution in [0.5, 0.6) is 5.75 Å². The molecule has 1 rings (SSSR count). The quantitative estimate of drug-likeness (QED) is 0.817. The van der Waals surface area contributed by atoms with Crippen molar-refractivity contribution in [3.63, 3.8) is 0 Å². The molecule has 0 saturated carbocycles. The summed E-state index contributed by atoms with van der Waals surface area (Å²) in [6.07, 6.45) is -0.223. The van der Waals surface area contributed by atoms with Crippen molar-refractivity contribution in [3.05, 3.63) is 29.3 Å². The van der Waals surface area contributed by atoms with Crippen molar-refractivity contribution in [2.24, 2.45) is 5.73 Å². The molecule has 0 amide bonds. The Morgan fingerprint density at radius 3 is 2.53 bits per heavy atom. The molecule has 0 radical (unpaired) electrons. The third-order valence-corrected chi connectivity index (χ3v) is 2.28. The van der Waals surface area contributed by atoms with Crippen molar-refractivity contribution in [3.8, 4) is 5.75 Å². The van der Waals surface area contributed by atoms with Crippen molar-refractivity contribution < 1.29 is 23.0 Å². The van der Waals surface area contributed by atoms with E-state index in [4.69, 9.17) is 5.73 Å². The first kappa shape index (κ1) is 13.4. The van der Waals surface area contributed by atoms with Crippen LogP contribution in [0.15, 0.2) is 12.1 Å². The van der Waals surface area contributed by atoms with E-state index in [0.29, 0.717) is 0 Å². The zero-order valence-electron chi connectivity index (χ0n) is 9.50. The van der Waals surface area contributed by atoms with Crippen LogP contribution in [-0.2, 0) is 9.53 Å². The highest BCUT2D eigenvalue weighted by Crippen LogP contribution is 2.25. The van der Waals surface area contributed by atoms with Gasteiger partial charge in [0.2, 0.25) is 0 Å². The number of rotatable bonds is 4. The summed E-state index contributed by atoms with van der Waals surface area (Å²) < 4.78 is 35.9. The van der Waals surface area contributed by atoms with E-state index >= 15 is 0 Å². The maximum absolute atomic E-state index is 13.5. The summed E-state index contributed by atoms with van der Waals surface area (Å²) in [5.74, 6) is -2.26. The average Bonchev–Trinajstić information content (AvgIpc) is 2.31. The van der Waals surface area contributed by atoms with Gasteiger partial charge in [0, 0.05) is 17.7 Å². The number of halogens is 2. The Bertz CT molecular complexity index is 423. The van der Waals surface area contributed by atoms with Gasteiger partial charge >= 0.3 is 5.97 Å². The molecule has 94 valence electrons. The van der Waals surface area contributed by atoms with Crippen molar-refractivity contribution in [2.75, 3.05) is 14.2 Å². The minimum Gasteiger partial charge on any atom is -0.494 e. The summed E-state index contributed by atoms with van der Waals surface area (Å²) in [6.45, 7) is 0. The molecule has 6 heteroatoms. The van der Waals surface area contributed by atoms with Gasteiger partial charge in [-0.15, -0.1) is 0 Å². The van der Waals surface area contributed by atoms with Crippen LogP contribution in [0.4, 0.5) is 8.78 Å². The Balaban J connectivity index is 2.98. The Labute approximate surface area is 97.3 Å². The molecular weight excluding hydrogens is 232 g/mol. The van der Waals surface area contributed by atoms with E-state index in [1.165, 1.54) is 14.2 Å². The van der Waals surface area contributed by atoms with Crippen LogP contribution in [0.25, 0.3) is 0 Å². The predicted molar refractivity (Wildman–Crippen MR) is 56.5 cm³/mol. The molecule has 0 fully saturated rings. The molecule has 0 saturated heterocycles. The first-order chi connectivity index (χ1) is 7.99. The lowest BCUT2D eigenvalue weighted by atomic mass is 10.0. The second kappa shape index (κ2) is 5.58. The number of hydrogen-bond donors (Lipinski definition) is 1. The lowest BCUT2D eigenvalue weighted by Crippen LogP contribution is -2.18. The van der Waals surface area contributed by atoms with Gasteiger partial charge in [0.15, 0.2) is 11.6 Å². The SMILES string of the molecule is COC(=O)CC(N)c1cc(F)c(OC)cc1F. The lowest BCUT2D eigenvalue weighted by Gasteiger charge is -2.13. The molecule has 0 aromatic heterocycles. The number of carbonyl (C=O) groups excluding carboxylic acids is 1. The zero-order valence-corrected chi connectivity index (χ0v) is 9.50. The second-order valence-electron chi connectivity index (χ2n) is 3.40. The van der Waals surface area contributed by atoms with Crippen molar-refractivity contribution in [1.29, 1.82) is 0 Å². The van der Waals surface area contributed by atoms with Crippen molar-refractivity contribution in [2.45, 2.75) is 12.5 Å². The van der Waals surface area contributed by atoms with E-state index in [0.717, 1.165) is 12.1 Å². The van der Waals surface area contributed by atoms with Crippen molar-refractivity contribution in [1.82, 2.24) is 0 Å². The Hall–Kier alpha value is -1.69. The van der Waals surface area contributed by atoms with Gasteiger partial charge in [-0.25, -0.2) is 8.78 Å². The normalized spacial score (nSPS) is 12.1. The number of esters is 1. The van der Waals surface area contributed by atoms with Gasteiger partial charge in [0.05, 0.1) is 20.6 Å². The molecule has 0 aliphatic heterocycles. The van der Waals surface area contributed by atoms with Crippen LogP contribution in [0.1, 0.15) is 18.0 Å². The number of benzene rings is 1.